The van der Waals surface area contributed by atoms with Crippen LogP contribution in [0, 0.1) is 0 Å². The summed E-state index contributed by atoms with van der Waals surface area (Å²) in [7, 11) is 0. The van der Waals surface area contributed by atoms with Crippen molar-refractivity contribution in [2.24, 2.45) is 0 Å². The van der Waals surface area contributed by atoms with Crippen LogP contribution < -0.4 is 15.5 Å². The third kappa shape index (κ3) is 4.46. The van der Waals surface area contributed by atoms with Crippen LogP contribution in [0.2, 0.25) is 0 Å². The van der Waals surface area contributed by atoms with Gasteiger partial charge in [-0.05, 0) is 49.0 Å². The summed E-state index contributed by atoms with van der Waals surface area (Å²) in [5, 5.41) is 7.16. The predicted molar refractivity (Wildman–Crippen MR) is 104 cm³/mol. The molecule has 1 saturated heterocycles. The number of nitrogens with one attached hydrogen (secondary N) is 2. The highest BCUT2D eigenvalue weighted by Crippen LogP contribution is 2.20. The zero-order chi connectivity index (χ0) is 16.8. The molecule has 1 aliphatic heterocycles. The Bertz CT molecular complexity index is 654. The van der Waals surface area contributed by atoms with E-state index in [1.54, 1.807) is 0 Å². The molecule has 1 atom stereocenters. The second-order valence-electron chi connectivity index (χ2n) is 5.88. The number of para-hydroxylation sites is 1. The Hall–Kier alpha value is -2.11. The molecule has 0 amide bonds. The van der Waals surface area contributed by atoms with E-state index in [4.69, 9.17) is 17.0 Å². The van der Waals surface area contributed by atoms with E-state index >= 15 is 0 Å². The monoisotopic (exact) mass is 341 g/mol. The third-order valence-electron chi connectivity index (χ3n) is 4.15. The fraction of sp³-hybridized carbons (Fsp3) is 0.316. The smallest absolute Gasteiger partial charge is 0.171 e. The summed E-state index contributed by atoms with van der Waals surface area (Å²) in [5.74, 6) is 0. The van der Waals surface area contributed by atoms with E-state index in [0.29, 0.717) is 5.11 Å². The number of anilines is 2. The first-order chi connectivity index (χ1) is 11.7. The van der Waals surface area contributed by atoms with Crippen LogP contribution in [-0.4, -0.2) is 31.4 Å². The molecule has 4 nitrogen and oxygen atoms in total. The Morgan fingerprint density at radius 1 is 1.04 bits per heavy atom. The van der Waals surface area contributed by atoms with Crippen molar-refractivity contribution < 1.29 is 4.74 Å². The van der Waals surface area contributed by atoms with E-state index in [0.717, 1.165) is 32.0 Å². The van der Waals surface area contributed by atoms with Crippen molar-refractivity contribution in [2.45, 2.75) is 13.0 Å². The standard InChI is InChI=1S/C19H23N3OS/c1-15(20-19(24)21-17-5-3-2-4-6-17)16-7-9-18(10-8-16)22-11-13-23-14-12-22/h2-10,15H,11-14H2,1H3,(H2,20,21,24)/t15-/m0/s1. The zero-order valence-corrected chi connectivity index (χ0v) is 14.7. The summed E-state index contributed by atoms with van der Waals surface area (Å²) in [5.41, 5.74) is 3.45. The summed E-state index contributed by atoms with van der Waals surface area (Å²) in [6.45, 7) is 5.64. The first-order valence-corrected chi connectivity index (χ1v) is 8.68. The van der Waals surface area contributed by atoms with Crippen molar-refractivity contribution >= 4 is 28.7 Å². The molecule has 3 rings (SSSR count). The van der Waals surface area contributed by atoms with Crippen LogP contribution in [0.4, 0.5) is 11.4 Å². The predicted octanol–water partition coefficient (Wildman–Crippen LogP) is 3.57. The fourth-order valence-corrected chi connectivity index (χ4v) is 3.06. The number of rotatable bonds is 4. The average Bonchev–Trinajstić information content (AvgIpc) is 2.63. The topological polar surface area (TPSA) is 36.5 Å². The molecule has 0 aliphatic carbocycles. The number of thiocarbonyl (C=S) groups is 1. The van der Waals surface area contributed by atoms with Gasteiger partial charge < -0.3 is 20.3 Å². The van der Waals surface area contributed by atoms with Crippen molar-refractivity contribution in [1.82, 2.24) is 5.32 Å². The molecular weight excluding hydrogens is 318 g/mol. The average molecular weight is 341 g/mol. The van der Waals surface area contributed by atoms with E-state index < -0.39 is 0 Å². The highest BCUT2D eigenvalue weighted by Gasteiger charge is 2.12. The summed E-state index contributed by atoms with van der Waals surface area (Å²) >= 11 is 5.40. The van der Waals surface area contributed by atoms with Gasteiger partial charge >= 0.3 is 0 Å². The molecule has 0 saturated carbocycles. The van der Waals surface area contributed by atoms with E-state index in [2.05, 4.69) is 46.7 Å². The van der Waals surface area contributed by atoms with Crippen LogP contribution in [0.3, 0.4) is 0 Å². The van der Waals surface area contributed by atoms with Gasteiger partial charge in [0.15, 0.2) is 5.11 Å². The maximum absolute atomic E-state index is 5.40. The second-order valence-corrected chi connectivity index (χ2v) is 6.29. The SMILES string of the molecule is C[C@H](NC(=S)Nc1ccccc1)c1ccc(N2CCOCC2)cc1. The largest absolute Gasteiger partial charge is 0.378 e. The summed E-state index contributed by atoms with van der Waals surface area (Å²) < 4.78 is 5.40. The van der Waals surface area contributed by atoms with Crippen LogP contribution >= 0.6 is 12.2 Å². The van der Waals surface area contributed by atoms with Gasteiger partial charge in [-0.15, -0.1) is 0 Å². The van der Waals surface area contributed by atoms with Crippen LogP contribution in [0.15, 0.2) is 54.6 Å². The summed E-state index contributed by atoms with van der Waals surface area (Å²) in [6.07, 6.45) is 0. The van der Waals surface area contributed by atoms with Gasteiger partial charge in [0.1, 0.15) is 0 Å². The first-order valence-electron chi connectivity index (χ1n) is 8.27. The van der Waals surface area contributed by atoms with Gasteiger partial charge in [0.25, 0.3) is 0 Å². The molecule has 126 valence electrons. The molecule has 2 N–H and O–H groups in total. The lowest BCUT2D eigenvalue weighted by Crippen LogP contribution is -2.36. The van der Waals surface area contributed by atoms with E-state index in [1.165, 1.54) is 11.3 Å². The van der Waals surface area contributed by atoms with Gasteiger partial charge in [0, 0.05) is 24.5 Å². The molecule has 0 spiro atoms. The fourth-order valence-electron chi connectivity index (χ4n) is 2.76. The number of hydrogen-bond acceptors (Lipinski definition) is 3. The van der Waals surface area contributed by atoms with E-state index in [-0.39, 0.29) is 6.04 Å². The number of morpholine rings is 1. The lowest BCUT2D eigenvalue weighted by Gasteiger charge is -2.29. The molecule has 0 radical (unpaired) electrons. The van der Waals surface area contributed by atoms with E-state index in [1.807, 2.05) is 30.3 Å². The number of benzene rings is 2. The number of ether oxygens (including phenoxy) is 1. The van der Waals surface area contributed by atoms with Gasteiger partial charge in [-0.25, -0.2) is 0 Å². The van der Waals surface area contributed by atoms with Crippen LogP contribution in [0.25, 0.3) is 0 Å². The van der Waals surface area contributed by atoms with Gasteiger partial charge in [0.05, 0.1) is 19.3 Å². The Labute approximate surface area is 148 Å². The third-order valence-corrected chi connectivity index (χ3v) is 4.37. The molecule has 0 aromatic heterocycles. The minimum absolute atomic E-state index is 0.146. The van der Waals surface area contributed by atoms with Crippen molar-refractivity contribution in [3.63, 3.8) is 0 Å². The highest BCUT2D eigenvalue weighted by atomic mass is 32.1. The van der Waals surface area contributed by atoms with Gasteiger partial charge in [-0.3, -0.25) is 0 Å². The zero-order valence-electron chi connectivity index (χ0n) is 13.9. The van der Waals surface area contributed by atoms with Gasteiger partial charge in [-0.1, -0.05) is 30.3 Å². The van der Waals surface area contributed by atoms with Gasteiger partial charge in [0.2, 0.25) is 0 Å². The normalized spacial score (nSPS) is 15.6. The Morgan fingerprint density at radius 2 is 1.71 bits per heavy atom. The maximum atomic E-state index is 5.40. The second kappa shape index (κ2) is 8.13. The molecular formula is C19H23N3OS. The Morgan fingerprint density at radius 3 is 2.38 bits per heavy atom. The van der Waals surface area contributed by atoms with Crippen LogP contribution in [-0.2, 0) is 4.74 Å². The lowest BCUT2D eigenvalue weighted by molar-refractivity contribution is 0.122. The quantitative estimate of drug-likeness (QED) is 0.832. The van der Waals surface area contributed by atoms with Crippen molar-refractivity contribution in [2.75, 3.05) is 36.5 Å². The maximum Gasteiger partial charge on any atom is 0.171 e. The van der Waals surface area contributed by atoms with E-state index in [9.17, 15) is 0 Å². The molecule has 2 aromatic rings. The Kier molecular flexibility index (Phi) is 5.67. The van der Waals surface area contributed by atoms with Crippen molar-refractivity contribution in [3.05, 3.63) is 60.2 Å². The molecule has 2 aromatic carbocycles. The highest BCUT2D eigenvalue weighted by molar-refractivity contribution is 7.80. The minimum atomic E-state index is 0.146. The molecule has 0 unspecified atom stereocenters. The van der Waals surface area contributed by atoms with Crippen molar-refractivity contribution in [3.8, 4) is 0 Å². The number of hydrogen-bond donors (Lipinski definition) is 2. The molecule has 1 fully saturated rings. The number of nitrogens with zero attached hydrogens (tertiary/aromatic N) is 1. The van der Waals surface area contributed by atoms with Gasteiger partial charge in [-0.2, -0.15) is 0 Å². The van der Waals surface area contributed by atoms with Crippen LogP contribution in [0.1, 0.15) is 18.5 Å². The first kappa shape index (κ1) is 16.7. The van der Waals surface area contributed by atoms with Crippen LogP contribution in [0.5, 0.6) is 0 Å². The molecule has 5 heteroatoms. The molecule has 24 heavy (non-hydrogen) atoms. The summed E-state index contributed by atoms with van der Waals surface area (Å²) in [4.78, 5) is 2.35. The van der Waals surface area contributed by atoms with Crippen molar-refractivity contribution in [1.29, 1.82) is 0 Å². The molecule has 1 heterocycles. The lowest BCUT2D eigenvalue weighted by atomic mass is 10.1. The Balaban J connectivity index is 1.56. The summed E-state index contributed by atoms with van der Waals surface area (Å²) in [6, 6.07) is 18.8. The molecule has 0 bridgehead atoms. The molecule has 1 aliphatic rings. The minimum Gasteiger partial charge on any atom is -0.378 e.